The van der Waals surface area contributed by atoms with E-state index in [0.29, 0.717) is 10.0 Å². The average molecular weight is 353 g/mol. The molecule has 0 N–H and O–H groups in total. The second-order valence-electron chi connectivity index (χ2n) is 5.85. The molecule has 116 valence electrons. The van der Waals surface area contributed by atoms with Crippen LogP contribution in [-0.2, 0) is 4.57 Å². The van der Waals surface area contributed by atoms with Gasteiger partial charge in [0.1, 0.15) is 7.14 Å². The molecule has 0 atom stereocenters. The highest BCUT2D eigenvalue weighted by Crippen LogP contribution is 2.55. The monoisotopic (exact) mass is 352 g/mol. The van der Waals surface area contributed by atoms with Gasteiger partial charge in [-0.15, -0.1) is 0 Å². The normalized spacial score (nSPS) is 16.6. The van der Waals surface area contributed by atoms with Crippen LogP contribution in [0.25, 0.3) is 0 Å². The summed E-state index contributed by atoms with van der Waals surface area (Å²) in [6.45, 7) is 0. The minimum atomic E-state index is -2.84. The van der Waals surface area contributed by atoms with Crippen LogP contribution in [0.5, 0.6) is 0 Å². The Balaban J connectivity index is 2.21. The van der Waals surface area contributed by atoms with E-state index in [1.54, 1.807) is 0 Å². The number of halogens is 2. The van der Waals surface area contributed by atoms with E-state index in [2.05, 4.69) is 0 Å². The zero-order valence-corrected chi connectivity index (χ0v) is 14.7. The van der Waals surface area contributed by atoms with E-state index in [4.69, 9.17) is 23.2 Å². The molecule has 0 radical (unpaired) electrons. The number of hydrogen-bond donors (Lipinski definition) is 0. The molecule has 0 unspecified atom stereocenters. The third-order valence-electron chi connectivity index (χ3n) is 4.51. The van der Waals surface area contributed by atoms with Gasteiger partial charge in [-0.25, -0.2) is 0 Å². The van der Waals surface area contributed by atoms with E-state index in [1.165, 1.54) is 6.42 Å². The Labute approximate surface area is 142 Å². The van der Waals surface area contributed by atoms with Crippen LogP contribution in [-0.4, -0.2) is 5.66 Å². The van der Waals surface area contributed by atoms with Gasteiger partial charge in [-0.2, -0.15) is 0 Å². The van der Waals surface area contributed by atoms with Crippen molar-refractivity contribution in [1.29, 1.82) is 0 Å². The van der Waals surface area contributed by atoms with Crippen LogP contribution in [0.1, 0.15) is 32.1 Å². The Morgan fingerprint density at radius 2 is 1.23 bits per heavy atom. The Morgan fingerprint density at radius 1 is 0.773 bits per heavy atom. The lowest BCUT2D eigenvalue weighted by atomic mass is 10.0. The summed E-state index contributed by atoms with van der Waals surface area (Å²) in [6, 6.07) is 15.0. The summed E-state index contributed by atoms with van der Waals surface area (Å²) in [5.41, 5.74) is 0.140. The lowest BCUT2D eigenvalue weighted by Gasteiger charge is -2.32. The predicted molar refractivity (Wildman–Crippen MR) is 96.7 cm³/mol. The van der Waals surface area contributed by atoms with Crippen molar-refractivity contribution in [2.24, 2.45) is 0 Å². The molecular weight excluding hydrogens is 334 g/mol. The highest BCUT2D eigenvalue weighted by Gasteiger charge is 2.39. The van der Waals surface area contributed by atoms with Gasteiger partial charge in [0.25, 0.3) is 0 Å². The average Bonchev–Trinajstić information content (AvgIpc) is 2.56. The molecule has 0 aliphatic heterocycles. The minimum absolute atomic E-state index is 0.140. The van der Waals surface area contributed by atoms with Gasteiger partial charge in [-0.1, -0.05) is 66.7 Å². The summed E-state index contributed by atoms with van der Waals surface area (Å²) in [5.74, 6) is 0. The van der Waals surface area contributed by atoms with Crippen LogP contribution in [0.2, 0.25) is 10.0 Å². The first kappa shape index (κ1) is 16.1. The molecule has 1 aliphatic rings. The largest absolute Gasteiger partial charge is 0.313 e. The van der Waals surface area contributed by atoms with E-state index in [0.717, 1.165) is 36.3 Å². The molecule has 0 saturated heterocycles. The molecule has 1 aliphatic carbocycles. The summed E-state index contributed by atoms with van der Waals surface area (Å²) in [4.78, 5) is 0. The lowest BCUT2D eigenvalue weighted by molar-refractivity contribution is 0.490. The first-order valence-corrected chi connectivity index (χ1v) is 10.3. The van der Waals surface area contributed by atoms with Crippen LogP contribution >= 0.6 is 30.3 Å². The van der Waals surface area contributed by atoms with Gasteiger partial charge >= 0.3 is 0 Å². The van der Waals surface area contributed by atoms with Crippen molar-refractivity contribution in [1.82, 2.24) is 0 Å². The second kappa shape index (κ2) is 6.79. The van der Waals surface area contributed by atoms with Gasteiger partial charge in [-0.3, -0.25) is 0 Å². The molecule has 22 heavy (non-hydrogen) atoms. The lowest BCUT2D eigenvalue weighted by Crippen LogP contribution is -2.28. The molecular formula is C18H19Cl2OP. The van der Waals surface area contributed by atoms with Crippen LogP contribution in [0.3, 0.4) is 0 Å². The SMILES string of the molecule is O=P(c1ccccc1Cl)(c1ccccc1Cl)C1CCCCC1. The Morgan fingerprint density at radius 3 is 1.68 bits per heavy atom. The molecule has 0 bridgehead atoms. The smallest absolute Gasteiger partial charge is 0.149 e. The van der Waals surface area contributed by atoms with Gasteiger partial charge in [0.2, 0.25) is 0 Å². The summed E-state index contributed by atoms with van der Waals surface area (Å²) < 4.78 is 14.2. The first-order valence-electron chi connectivity index (χ1n) is 7.74. The molecule has 2 aromatic rings. The molecule has 3 rings (SSSR count). The molecule has 0 spiro atoms. The molecule has 4 heteroatoms. The molecule has 0 heterocycles. The fourth-order valence-corrected chi connectivity index (χ4v) is 7.97. The fourth-order valence-electron chi connectivity index (χ4n) is 3.41. The summed E-state index contributed by atoms with van der Waals surface area (Å²) in [5, 5.41) is 2.68. The van der Waals surface area contributed by atoms with Gasteiger partial charge in [0.05, 0.1) is 10.0 Å². The third-order valence-corrected chi connectivity index (χ3v) is 9.19. The van der Waals surface area contributed by atoms with Crippen molar-refractivity contribution in [2.45, 2.75) is 37.8 Å². The van der Waals surface area contributed by atoms with E-state index >= 15 is 0 Å². The second-order valence-corrected chi connectivity index (χ2v) is 9.68. The van der Waals surface area contributed by atoms with Crippen LogP contribution in [0.15, 0.2) is 48.5 Å². The number of rotatable bonds is 3. The molecule has 0 aromatic heterocycles. The third kappa shape index (κ3) is 2.87. The van der Waals surface area contributed by atoms with E-state index < -0.39 is 7.14 Å². The Kier molecular flexibility index (Phi) is 4.97. The quantitative estimate of drug-likeness (QED) is 0.653. The van der Waals surface area contributed by atoms with Crippen LogP contribution in [0.4, 0.5) is 0 Å². The van der Waals surface area contributed by atoms with Gasteiger partial charge in [0, 0.05) is 16.3 Å². The highest BCUT2D eigenvalue weighted by atomic mass is 35.5. The molecule has 1 saturated carbocycles. The topological polar surface area (TPSA) is 17.1 Å². The molecule has 2 aromatic carbocycles. The van der Waals surface area contributed by atoms with Crippen molar-refractivity contribution in [3.8, 4) is 0 Å². The number of benzene rings is 2. The standard InChI is InChI=1S/C18H19Cl2OP/c19-15-10-4-6-12-17(15)22(21,14-8-2-1-3-9-14)18-13-7-5-11-16(18)20/h4-7,10-14H,1-3,8-9H2. The minimum Gasteiger partial charge on any atom is -0.313 e. The van der Waals surface area contributed by atoms with Gasteiger partial charge < -0.3 is 4.57 Å². The maximum Gasteiger partial charge on any atom is 0.149 e. The summed E-state index contributed by atoms with van der Waals surface area (Å²) in [7, 11) is -2.84. The Bertz CT molecular complexity index is 658. The van der Waals surface area contributed by atoms with Crippen molar-refractivity contribution in [2.75, 3.05) is 0 Å². The summed E-state index contributed by atoms with van der Waals surface area (Å²) >= 11 is 12.8. The Hall–Kier alpha value is -0.750. The molecule has 0 amide bonds. The van der Waals surface area contributed by atoms with Crippen molar-refractivity contribution < 1.29 is 4.57 Å². The van der Waals surface area contributed by atoms with Crippen LogP contribution in [0, 0.1) is 0 Å². The van der Waals surface area contributed by atoms with E-state index in [1.807, 2.05) is 48.5 Å². The van der Waals surface area contributed by atoms with Gasteiger partial charge in [0.15, 0.2) is 0 Å². The van der Waals surface area contributed by atoms with E-state index in [9.17, 15) is 4.57 Å². The maximum absolute atomic E-state index is 14.2. The fraction of sp³-hybridized carbons (Fsp3) is 0.333. The van der Waals surface area contributed by atoms with Crippen molar-refractivity contribution >= 4 is 41.0 Å². The zero-order valence-electron chi connectivity index (χ0n) is 12.3. The maximum atomic E-state index is 14.2. The molecule has 1 fully saturated rings. The van der Waals surface area contributed by atoms with Crippen molar-refractivity contribution in [3.63, 3.8) is 0 Å². The van der Waals surface area contributed by atoms with E-state index in [-0.39, 0.29) is 5.66 Å². The van der Waals surface area contributed by atoms with Gasteiger partial charge in [-0.05, 0) is 37.1 Å². The zero-order chi connectivity index (χ0) is 15.6. The highest BCUT2D eigenvalue weighted by molar-refractivity contribution is 7.79. The summed E-state index contributed by atoms with van der Waals surface area (Å²) in [6.07, 6.45) is 5.44. The predicted octanol–water partition coefficient (Wildman–Crippen LogP) is 5.64. The van der Waals surface area contributed by atoms with Crippen molar-refractivity contribution in [3.05, 3.63) is 58.6 Å². The molecule has 1 nitrogen and oxygen atoms in total. The number of hydrogen-bond acceptors (Lipinski definition) is 1. The first-order chi connectivity index (χ1) is 10.6. The van der Waals surface area contributed by atoms with Crippen LogP contribution < -0.4 is 10.6 Å².